The molecule has 1 saturated carbocycles. The molecule has 1 saturated heterocycles. The minimum Gasteiger partial charge on any atom is -0.378 e. The molecule has 2 rings (SSSR count). The summed E-state index contributed by atoms with van der Waals surface area (Å²) in [6.45, 7) is 3.28. The molecule has 0 aromatic carbocycles. The van der Waals surface area contributed by atoms with E-state index in [2.05, 4.69) is 6.92 Å². The molecule has 0 N–H and O–H groups in total. The van der Waals surface area contributed by atoms with Crippen molar-refractivity contribution >= 4 is 0 Å². The van der Waals surface area contributed by atoms with Crippen molar-refractivity contribution in [1.29, 1.82) is 0 Å². The third kappa shape index (κ3) is 0.968. The molecule has 1 nitrogen and oxygen atoms in total. The largest absolute Gasteiger partial charge is 0.378 e. The van der Waals surface area contributed by atoms with Crippen LogP contribution in [0.3, 0.4) is 0 Å². The van der Waals surface area contributed by atoms with Crippen LogP contribution in [0.1, 0.15) is 32.6 Å². The third-order valence-electron chi connectivity index (χ3n) is 3.14. The van der Waals surface area contributed by atoms with Crippen LogP contribution in [0.25, 0.3) is 0 Å². The first kappa shape index (κ1) is 6.66. The Balaban J connectivity index is 2.01. The van der Waals surface area contributed by atoms with Gasteiger partial charge >= 0.3 is 0 Å². The van der Waals surface area contributed by atoms with E-state index in [1.807, 2.05) is 0 Å². The van der Waals surface area contributed by atoms with E-state index in [1.54, 1.807) is 0 Å². The summed E-state index contributed by atoms with van der Waals surface area (Å²) in [4.78, 5) is 0. The molecule has 3 unspecified atom stereocenters. The number of hydrogen-bond donors (Lipinski definition) is 0. The summed E-state index contributed by atoms with van der Waals surface area (Å²) in [5.74, 6) is 1.83. The molecule has 0 aromatic heterocycles. The van der Waals surface area contributed by atoms with Crippen LogP contribution in [0.4, 0.5) is 0 Å². The van der Waals surface area contributed by atoms with E-state index in [1.165, 1.54) is 25.7 Å². The van der Waals surface area contributed by atoms with Crippen LogP contribution in [0.2, 0.25) is 0 Å². The van der Waals surface area contributed by atoms with Crippen molar-refractivity contribution in [2.24, 2.45) is 11.8 Å². The van der Waals surface area contributed by atoms with Crippen molar-refractivity contribution in [3.63, 3.8) is 0 Å². The highest BCUT2D eigenvalue weighted by molar-refractivity contribution is 4.84. The fourth-order valence-corrected chi connectivity index (χ4v) is 2.46. The summed E-state index contributed by atoms with van der Waals surface area (Å²) in [5.41, 5.74) is 0. The summed E-state index contributed by atoms with van der Waals surface area (Å²) < 4.78 is 5.60. The Bertz CT molecular complexity index is 120. The van der Waals surface area contributed by atoms with Gasteiger partial charge in [-0.05, 0) is 31.6 Å². The third-order valence-corrected chi connectivity index (χ3v) is 3.14. The highest BCUT2D eigenvalue weighted by atomic mass is 16.5. The lowest BCUT2D eigenvalue weighted by atomic mass is 9.79. The SMILES string of the molecule is CC1OCC2CCCCC21. The summed E-state index contributed by atoms with van der Waals surface area (Å²) in [6.07, 6.45) is 6.29. The van der Waals surface area contributed by atoms with E-state index < -0.39 is 0 Å². The molecule has 1 aliphatic heterocycles. The van der Waals surface area contributed by atoms with Gasteiger partial charge in [-0.1, -0.05) is 12.8 Å². The van der Waals surface area contributed by atoms with Gasteiger partial charge in [0.1, 0.15) is 0 Å². The van der Waals surface area contributed by atoms with Crippen LogP contribution < -0.4 is 0 Å². The number of hydrogen-bond acceptors (Lipinski definition) is 1. The van der Waals surface area contributed by atoms with Crippen molar-refractivity contribution in [2.45, 2.75) is 38.7 Å². The number of rotatable bonds is 0. The van der Waals surface area contributed by atoms with Crippen molar-refractivity contribution in [3.8, 4) is 0 Å². The lowest BCUT2D eigenvalue weighted by Gasteiger charge is -2.25. The molecular weight excluding hydrogens is 124 g/mol. The van der Waals surface area contributed by atoms with Crippen LogP contribution in [0, 0.1) is 11.8 Å². The molecule has 2 fully saturated rings. The van der Waals surface area contributed by atoms with Gasteiger partial charge in [0.15, 0.2) is 0 Å². The summed E-state index contributed by atoms with van der Waals surface area (Å²) in [6, 6.07) is 0. The first-order valence-electron chi connectivity index (χ1n) is 4.49. The Morgan fingerprint density at radius 1 is 1.20 bits per heavy atom. The van der Waals surface area contributed by atoms with E-state index in [4.69, 9.17) is 4.74 Å². The monoisotopic (exact) mass is 140 g/mol. The van der Waals surface area contributed by atoms with Gasteiger partial charge in [-0.25, -0.2) is 0 Å². The molecule has 0 aromatic rings. The second kappa shape index (κ2) is 2.54. The van der Waals surface area contributed by atoms with Gasteiger partial charge in [-0.3, -0.25) is 0 Å². The average Bonchev–Trinajstić information content (AvgIpc) is 2.34. The lowest BCUT2D eigenvalue weighted by Crippen LogP contribution is -2.21. The Labute approximate surface area is 62.8 Å². The molecule has 0 amide bonds. The van der Waals surface area contributed by atoms with Gasteiger partial charge in [-0.2, -0.15) is 0 Å². The number of fused-ring (bicyclic) bond motifs is 1. The van der Waals surface area contributed by atoms with Crippen molar-refractivity contribution < 1.29 is 4.74 Å². The molecule has 10 heavy (non-hydrogen) atoms. The summed E-state index contributed by atoms with van der Waals surface area (Å²) in [7, 11) is 0. The molecule has 3 atom stereocenters. The Morgan fingerprint density at radius 3 is 2.80 bits per heavy atom. The molecule has 58 valence electrons. The Hall–Kier alpha value is -0.0400. The van der Waals surface area contributed by atoms with Crippen molar-refractivity contribution in [2.75, 3.05) is 6.61 Å². The van der Waals surface area contributed by atoms with Crippen LogP contribution in [-0.4, -0.2) is 12.7 Å². The van der Waals surface area contributed by atoms with Gasteiger partial charge in [0, 0.05) is 0 Å². The average molecular weight is 140 g/mol. The van der Waals surface area contributed by atoms with E-state index in [9.17, 15) is 0 Å². The van der Waals surface area contributed by atoms with Crippen molar-refractivity contribution in [1.82, 2.24) is 0 Å². The van der Waals surface area contributed by atoms with Crippen LogP contribution in [0.15, 0.2) is 0 Å². The highest BCUT2D eigenvalue weighted by Gasteiger charge is 2.35. The second-order valence-electron chi connectivity index (χ2n) is 3.75. The van der Waals surface area contributed by atoms with Crippen LogP contribution in [-0.2, 0) is 4.74 Å². The zero-order valence-electron chi connectivity index (χ0n) is 6.68. The first-order chi connectivity index (χ1) is 4.88. The smallest absolute Gasteiger partial charge is 0.0578 e. The summed E-state index contributed by atoms with van der Waals surface area (Å²) >= 11 is 0. The predicted molar refractivity (Wildman–Crippen MR) is 40.9 cm³/mol. The molecule has 0 spiro atoms. The molecular formula is C9H16O. The van der Waals surface area contributed by atoms with E-state index in [0.29, 0.717) is 6.10 Å². The van der Waals surface area contributed by atoms with Gasteiger partial charge in [0.05, 0.1) is 12.7 Å². The fourth-order valence-electron chi connectivity index (χ4n) is 2.46. The molecule has 0 radical (unpaired) electrons. The molecule has 2 aliphatic rings. The predicted octanol–water partition coefficient (Wildman–Crippen LogP) is 2.21. The quantitative estimate of drug-likeness (QED) is 0.501. The van der Waals surface area contributed by atoms with Gasteiger partial charge in [0.2, 0.25) is 0 Å². The fraction of sp³-hybridized carbons (Fsp3) is 1.00. The maximum absolute atomic E-state index is 5.60. The van der Waals surface area contributed by atoms with E-state index in [-0.39, 0.29) is 0 Å². The minimum absolute atomic E-state index is 0.560. The Kier molecular flexibility index (Phi) is 1.69. The highest BCUT2D eigenvalue weighted by Crippen LogP contribution is 2.38. The summed E-state index contributed by atoms with van der Waals surface area (Å²) in [5, 5.41) is 0. The van der Waals surface area contributed by atoms with Gasteiger partial charge in [0.25, 0.3) is 0 Å². The zero-order chi connectivity index (χ0) is 6.97. The molecule has 1 heterocycles. The number of ether oxygens (including phenoxy) is 1. The molecule has 1 heteroatoms. The van der Waals surface area contributed by atoms with Gasteiger partial charge < -0.3 is 4.74 Å². The van der Waals surface area contributed by atoms with E-state index >= 15 is 0 Å². The minimum atomic E-state index is 0.560. The lowest BCUT2D eigenvalue weighted by molar-refractivity contribution is 0.103. The topological polar surface area (TPSA) is 9.23 Å². The van der Waals surface area contributed by atoms with Crippen LogP contribution in [0.5, 0.6) is 0 Å². The molecule has 1 aliphatic carbocycles. The maximum Gasteiger partial charge on any atom is 0.0578 e. The van der Waals surface area contributed by atoms with Crippen molar-refractivity contribution in [3.05, 3.63) is 0 Å². The maximum atomic E-state index is 5.60. The first-order valence-corrected chi connectivity index (χ1v) is 4.49. The zero-order valence-corrected chi connectivity index (χ0v) is 6.68. The normalized spacial score (nSPS) is 47.1. The Morgan fingerprint density at radius 2 is 2.00 bits per heavy atom. The molecule has 0 bridgehead atoms. The standard InChI is InChI=1S/C9H16O/c1-7-9-5-3-2-4-8(9)6-10-7/h7-9H,2-6H2,1H3. The second-order valence-corrected chi connectivity index (χ2v) is 3.75. The van der Waals surface area contributed by atoms with E-state index in [0.717, 1.165) is 18.4 Å². The van der Waals surface area contributed by atoms with Gasteiger partial charge in [-0.15, -0.1) is 0 Å². The van der Waals surface area contributed by atoms with Crippen LogP contribution >= 0.6 is 0 Å².